The van der Waals surface area contributed by atoms with E-state index in [4.69, 9.17) is 4.74 Å². The lowest BCUT2D eigenvalue weighted by Crippen LogP contribution is -2.07. The summed E-state index contributed by atoms with van der Waals surface area (Å²) < 4.78 is 5.28. The number of benzene rings is 3. The fourth-order valence-electron chi connectivity index (χ4n) is 3.49. The third kappa shape index (κ3) is 4.23. The Morgan fingerprint density at radius 2 is 1.70 bits per heavy atom. The van der Waals surface area contributed by atoms with Crippen molar-refractivity contribution < 1.29 is 14.3 Å². The lowest BCUT2D eigenvalue weighted by Gasteiger charge is -2.05. The molecule has 4 rings (SSSR count). The van der Waals surface area contributed by atoms with Crippen LogP contribution in [0.1, 0.15) is 27.0 Å². The molecule has 1 aliphatic carbocycles. The highest BCUT2D eigenvalue weighted by molar-refractivity contribution is 6.15. The third-order valence-electron chi connectivity index (χ3n) is 5.01. The molecule has 1 amide bonds. The van der Waals surface area contributed by atoms with Gasteiger partial charge in [0.15, 0.2) is 5.78 Å². The number of hydrogen-bond donors (Lipinski definition) is 1. The van der Waals surface area contributed by atoms with Gasteiger partial charge < -0.3 is 10.1 Å². The number of ether oxygens (including phenoxy) is 1. The number of amides is 1. The summed E-state index contributed by atoms with van der Waals surface area (Å²) in [7, 11) is 1.60. The number of rotatable bonds is 5. The molecular formula is C26H21NO3. The molecule has 30 heavy (non-hydrogen) atoms. The van der Waals surface area contributed by atoms with Crippen LogP contribution in [-0.4, -0.2) is 18.8 Å². The van der Waals surface area contributed by atoms with Gasteiger partial charge in [-0.25, -0.2) is 0 Å². The first-order valence-corrected chi connectivity index (χ1v) is 9.69. The number of fused-ring (bicyclic) bond motifs is 1. The summed E-state index contributed by atoms with van der Waals surface area (Å²) in [6.45, 7) is 0. The van der Waals surface area contributed by atoms with Gasteiger partial charge in [0.2, 0.25) is 5.91 Å². The molecule has 148 valence electrons. The molecule has 0 spiro atoms. The number of hydrogen-bond acceptors (Lipinski definition) is 3. The lowest BCUT2D eigenvalue weighted by molar-refractivity contribution is -0.111. The van der Waals surface area contributed by atoms with Gasteiger partial charge in [-0.05, 0) is 41.5 Å². The van der Waals surface area contributed by atoms with E-state index in [9.17, 15) is 9.59 Å². The first-order chi connectivity index (χ1) is 14.6. The zero-order valence-electron chi connectivity index (χ0n) is 16.6. The molecule has 0 fully saturated rings. The zero-order valence-corrected chi connectivity index (χ0v) is 16.6. The Morgan fingerprint density at radius 3 is 2.47 bits per heavy atom. The highest BCUT2D eigenvalue weighted by Gasteiger charge is 2.23. The van der Waals surface area contributed by atoms with Gasteiger partial charge in [0.25, 0.3) is 0 Å². The second-order valence-corrected chi connectivity index (χ2v) is 7.02. The molecule has 1 aliphatic rings. The summed E-state index contributed by atoms with van der Waals surface area (Å²) in [5.41, 5.74) is 5.09. The SMILES string of the molecule is COc1ccccc1/C=C/C(=O)Nc1ccc(/C=C2\Cc3ccccc3C2=O)cc1. The summed E-state index contributed by atoms with van der Waals surface area (Å²) in [6, 6.07) is 22.6. The molecule has 4 nitrogen and oxygen atoms in total. The third-order valence-corrected chi connectivity index (χ3v) is 5.01. The molecule has 4 heteroatoms. The quantitative estimate of drug-likeness (QED) is 0.607. The van der Waals surface area contributed by atoms with Crippen LogP contribution in [0, 0.1) is 0 Å². The van der Waals surface area contributed by atoms with Crippen LogP contribution in [0.25, 0.3) is 12.2 Å². The minimum absolute atomic E-state index is 0.0875. The van der Waals surface area contributed by atoms with Crippen molar-refractivity contribution in [2.24, 2.45) is 0 Å². The van der Waals surface area contributed by atoms with Crippen LogP contribution in [0.2, 0.25) is 0 Å². The number of nitrogens with one attached hydrogen (secondary N) is 1. The summed E-state index contributed by atoms with van der Waals surface area (Å²) in [5, 5.41) is 2.84. The standard InChI is InChI=1S/C26H21NO3/c1-30-24-9-5-3-6-19(24)12-15-25(28)27-22-13-10-18(11-14-22)16-21-17-20-7-2-4-8-23(20)26(21)29/h2-16H,17H2,1H3,(H,27,28)/b15-12+,21-16+. The maximum absolute atomic E-state index is 12.5. The van der Waals surface area contributed by atoms with Gasteiger partial charge >= 0.3 is 0 Å². The second kappa shape index (κ2) is 8.62. The maximum atomic E-state index is 12.5. The Morgan fingerprint density at radius 1 is 0.967 bits per heavy atom. The van der Waals surface area contributed by atoms with E-state index in [2.05, 4.69) is 5.32 Å². The molecule has 0 unspecified atom stereocenters. The van der Waals surface area contributed by atoms with Crippen LogP contribution < -0.4 is 10.1 Å². The van der Waals surface area contributed by atoms with Crippen LogP contribution in [0.5, 0.6) is 5.75 Å². The number of para-hydroxylation sites is 1. The van der Waals surface area contributed by atoms with Gasteiger partial charge in [-0.15, -0.1) is 0 Å². The Hall–Kier alpha value is -3.92. The average Bonchev–Trinajstić information content (AvgIpc) is 3.09. The monoisotopic (exact) mass is 395 g/mol. The van der Waals surface area contributed by atoms with E-state index in [0.29, 0.717) is 17.9 Å². The largest absolute Gasteiger partial charge is 0.496 e. The molecule has 3 aromatic carbocycles. The minimum atomic E-state index is -0.228. The molecule has 0 aromatic heterocycles. The first kappa shape index (κ1) is 19.4. The molecule has 3 aromatic rings. The predicted molar refractivity (Wildman–Crippen MR) is 120 cm³/mol. The molecule has 0 heterocycles. The van der Waals surface area contributed by atoms with Crippen LogP contribution in [0.15, 0.2) is 84.4 Å². The fourth-order valence-corrected chi connectivity index (χ4v) is 3.49. The normalized spacial score (nSPS) is 14.2. The maximum Gasteiger partial charge on any atom is 0.248 e. The number of carbonyl (C=O) groups is 2. The van der Waals surface area contributed by atoms with Gasteiger partial charge in [0.1, 0.15) is 5.75 Å². The Balaban J connectivity index is 1.41. The number of Topliss-reactive ketones (excluding diaryl/α,β-unsaturated/α-hetero) is 1. The highest BCUT2D eigenvalue weighted by atomic mass is 16.5. The molecule has 0 bridgehead atoms. The molecule has 0 aliphatic heterocycles. The van der Waals surface area contributed by atoms with Gasteiger partial charge in [-0.2, -0.15) is 0 Å². The Kier molecular flexibility index (Phi) is 5.57. The average molecular weight is 395 g/mol. The Bertz CT molecular complexity index is 1160. The van der Waals surface area contributed by atoms with Gasteiger partial charge in [0.05, 0.1) is 7.11 Å². The van der Waals surface area contributed by atoms with Gasteiger partial charge in [0, 0.05) is 34.9 Å². The van der Waals surface area contributed by atoms with E-state index in [1.165, 1.54) is 6.08 Å². The van der Waals surface area contributed by atoms with E-state index < -0.39 is 0 Å². The van der Waals surface area contributed by atoms with Crippen molar-refractivity contribution in [2.45, 2.75) is 6.42 Å². The first-order valence-electron chi connectivity index (χ1n) is 9.69. The molecule has 1 N–H and O–H groups in total. The Labute approximate surface area is 175 Å². The van der Waals surface area contributed by atoms with E-state index in [1.54, 1.807) is 13.2 Å². The number of ketones is 1. The molecule has 0 saturated heterocycles. The van der Waals surface area contributed by atoms with Crippen LogP contribution in [0.4, 0.5) is 5.69 Å². The van der Waals surface area contributed by atoms with Crippen molar-refractivity contribution in [3.63, 3.8) is 0 Å². The number of methoxy groups -OCH3 is 1. The zero-order chi connectivity index (χ0) is 20.9. The topological polar surface area (TPSA) is 55.4 Å². The summed E-state index contributed by atoms with van der Waals surface area (Å²) in [5.74, 6) is 0.570. The van der Waals surface area contributed by atoms with Crippen molar-refractivity contribution in [3.05, 3.63) is 107 Å². The fraction of sp³-hybridized carbons (Fsp3) is 0.0769. The van der Waals surface area contributed by atoms with Gasteiger partial charge in [-0.1, -0.05) is 54.6 Å². The predicted octanol–water partition coefficient (Wildman–Crippen LogP) is 5.17. The summed E-state index contributed by atoms with van der Waals surface area (Å²) in [6.07, 6.45) is 5.76. The molecular weight excluding hydrogens is 374 g/mol. The number of carbonyl (C=O) groups excluding carboxylic acids is 2. The molecule has 0 atom stereocenters. The van der Waals surface area contributed by atoms with Crippen LogP contribution in [0.3, 0.4) is 0 Å². The molecule has 0 saturated carbocycles. The van der Waals surface area contributed by atoms with Crippen LogP contribution in [-0.2, 0) is 11.2 Å². The van der Waals surface area contributed by atoms with E-state index in [-0.39, 0.29) is 11.7 Å². The molecule has 0 radical (unpaired) electrons. The summed E-state index contributed by atoms with van der Waals surface area (Å²) in [4.78, 5) is 24.7. The van der Waals surface area contributed by atoms with Crippen molar-refractivity contribution in [1.29, 1.82) is 0 Å². The van der Waals surface area contributed by atoms with Crippen LogP contribution >= 0.6 is 0 Å². The van der Waals surface area contributed by atoms with Crippen molar-refractivity contribution >= 4 is 29.5 Å². The second-order valence-electron chi connectivity index (χ2n) is 7.02. The van der Waals surface area contributed by atoms with E-state index in [0.717, 1.165) is 27.8 Å². The number of allylic oxidation sites excluding steroid dienone is 1. The van der Waals surface area contributed by atoms with Gasteiger partial charge in [-0.3, -0.25) is 9.59 Å². The smallest absolute Gasteiger partial charge is 0.248 e. The lowest BCUT2D eigenvalue weighted by atomic mass is 10.1. The van der Waals surface area contributed by atoms with E-state index >= 15 is 0 Å². The summed E-state index contributed by atoms with van der Waals surface area (Å²) >= 11 is 0. The van der Waals surface area contributed by atoms with E-state index in [1.807, 2.05) is 78.9 Å². The highest BCUT2D eigenvalue weighted by Crippen LogP contribution is 2.27. The van der Waals surface area contributed by atoms with Crippen molar-refractivity contribution in [2.75, 3.05) is 12.4 Å². The number of anilines is 1. The minimum Gasteiger partial charge on any atom is -0.496 e. The van der Waals surface area contributed by atoms with Crippen molar-refractivity contribution in [3.8, 4) is 5.75 Å². The van der Waals surface area contributed by atoms with Crippen molar-refractivity contribution in [1.82, 2.24) is 0 Å².